The standard InChI is InChI=1S/C20H29N7O3/c1-16-4-5-17(14-21-16)18(28)25-7-3-6-20(15-25,26-8-12-30-13-9-26)19-22-23-24-27(19)10-11-29-2/h4-5,14H,3,6-13,15H2,1-2H3. The van der Waals surface area contributed by atoms with Crippen molar-refractivity contribution >= 4 is 5.91 Å². The molecule has 10 nitrogen and oxygen atoms in total. The number of piperidine rings is 1. The second kappa shape index (κ2) is 9.15. The van der Waals surface area contributed by atoms with Gasteiger partial charge in [0.05, 0.1) is 31.9 Å². The fraction of sp³-hybridized carbons (Fsp3) is 0.650. The predicted molar refractivity (Wildman–Crippen MR) is 108 cm³/mol. The normalized spacial score (nSPS) is 22.9. The van der Waals surface area contributed by atoms with Crippen molar-refractivity contribution in [2.24, 2.45) is 0 Å². The van der Waals surface area contributed by atoms with E-state index in [0.29, 0.717) is 45.0 Å². The van der Waals surface area contributed by atoms with E-state index in [0.717, 1.165) is 37.4 Å². The summed E-state index contributed by atoms with van der Waals surface area (Å²) < 4.78 is 12.7. The maximum Gasteiger partial charge on any atom is 0.255 e. The molecular weight excluding hydrogens is 386 g/mol. The fourth-order valence-corrected chi connectivity index (χ4v) is 4.43. The zero-order valence-electron chi connectivity index (χ0n) is 17.7. The van der Waals surface area contributed by atoms with Gasteiger partial charge in [-0.05, 0) is 42.3 Å². The minimum atomic E-state index is -0.451. The average Bonchev–Trinajstić information content (AvgIpc) is 3.27. The summed E-state index contributed by atoms with van der Waals surface area (Å²) in [5.74, 6) is 0.789. The molecule has 4 heterocycles. The van der Waals surface area contributed by atoms with Gasteiger partial charge in [-0.2, -0.15) is 0 Å². The molecule has 1 amide bonds. The average molecular weight is 415 g/mol. The Hall–Kier alpha value is -2.43. The number of tetrazole rings is 1. The molecule has 2 aromatic heterocycles. The summed E-state index contributed by atoms with van der Waals surface area (Å²) in [6.07, 6.45) is 3.42. The molecule has 0 bridgehead atoms. The Morgan fingerprint density at radius 2 is 2.10 bits per heavy atom. The molecule has 0 radical (unpaired) electrons. The number of morpholine rings is 1. The smallest absolute Gasteiger partial charge is 0.255 e. The lowest BCUT2D eigenvalue weighted by molar-refractivity contribution is -0.0573. The molecule has 2 aliphatic rings. The molecule has 0 aliphatic carbocycles. The number of aryl methyl sites for hydroxylation is 1. The number of methoxy groups -OCH3 is 1. The van der Waals surface area contributed by atoms with E-state index in [4.69, 9.17) is 9.47 Å². The minimum Gasteiger partial charge on any atom is -0.383 e. The number of carbonyl (C=O) groups excluding carboxylic acids is 1. The van der Waals surface area contributed by atoms with Crippen molar-refractivity contribution in [1.29, 1.82) is 0 Å². The molecule has 0 N–H and O–H groups in total. The first kappa shape index (κ1) is 20.8. The summed E-state index contributed by atoms with van der Waals surface area (Å²) in [4.78, 5) is 21.9. The Morgan fingerprint density at radius 3 is 2.83 bits per heavy atom. The summed E-state index contributed by atoms with van der Waals surface area (Å²) >= 11 is 0. The molecule has 30 heavy (non-hydrogen) atoms. The monoisotopic (exact) mass is 415 g/mol. The van der Waals surface area contributed by atoms with Crippen molar-refractivity contribution in [3.8, 4) is 0 Å². The molecule has 1 atom stereocenters. The van der Waals surface area contributed by atoms with E-state index in [-0.39, 0.29) is 5.91 Å². The van der Waals surface area contributed by atoms with E-state index in [1.165, 1.54) is 0 Å². The molecule has 10 heteroatoms. The summed E-state index contributed by atoms with van der Waals surface area (Å²) in [6, 6.07) is 3.72. The van der Waals surface area contributed by atoms with Crippen molar-refractivity contribution in [2.75, 3.05) is 53.1 Å². The van der Waals surface area contributed by atoms with E-state index >= 15 is 0 Å². The van der Waals surface area contributed by atoms with Crippen molar-refractivity contribution in [1.82, 2.24) is 35.0 Å². The van der Waals surface area contributed by atoms with Crippen LogP contribution in [0.4, 0.5) is 0 Å². The lowest BCUT2D eigenvalue weighted by Crippen LogP contribution is -2.61. The summed E-state index contributed by atoms with van der Waals surface area (Å²) in [5, 5.41) is 12.6. The van der Waals surface area contributed by atoms with E-state index < -0.39 is 5.54 Å². The Morgan fingerprint density at radius 1 is 1.27 bits per heavy atom. The largest absolute Gasteiger partial charge is 0.383 e. The van der Waals surface area contributed by atoms with Gasteiger partial charge >= 0.3 is 0 Å². The number of ether oxygens (including phenoxy) is 2. The molecule has 2 saturated heterocycles. The number of aromatic nitrogens is 5. The van der Waals surface area contributed by atoms with Crippen LogP contribution in [0.5, 0.6) is 0 Å². The maximum atomic E-state index is 13.3. The first-order valence-corrected chi connectivity index (χ1v) is 10.4. The third-order valence-electron chi connectivity index (χ3n) is 5.99. The molecule has 162 valence electrons. The number of nitrogens with zero attached hydrogens (tertiary/aromatic N) is 7. The highest BCUT2D eigenvalue weighted by atomic mass is 16.5. The molecule has 0 spiro atoms. The van der Waals surface area contributed by atoms with Crippen LogP contribution in [0, 0.1) is 6.92 Å². The van der Waals surface area contributed by atoms with Crippen LogP contribution in [0.25, 0.3) is 0 Å². The third-order valence-corrected chi connectivity index (χ3v) is 5.99. The maximum absolute atomic E-state index is 13.3. The van der Waals surface area contributed by atoms with Crippen molar-refractivity contribution in [2.45, 2.75) is 31.8 Å². The number of pyridine rings is 1. The van der Waals surface area contributed by atoms with Crippen LogP contribution >= 0.6 is 0 Å². The second-order valence-electron chi connectivity index (χ2n) is 7.87. The molecule has 0 aromatic carbocycles. The van der Waals surface area contributed by atoms with E-state index in [1.807, 2.05) is 28.6 Å². The highest BCUT2D eigenvalue weighted by Gasteiger charge is 2.47. The van der Waals surface area contributed by atoms with E-state index in [9.17, 15) is 4.79 Å². The van der Waals surface area contributed by atoms with Gasteiger partial charge in [0.1, 0.15) is 5.54 Å². The zero-order valence-corrected chi connectivity index (χ0v) is 17.7. The number of hydrogen-bond acceptors (Lipinski definition) is 8. The summed E-state index contributed by atoms with van der Waals surface area (Å²) in [6.45, 7) is 7.14. The lowest BCUT2D eigenvalue weighted by atomic mass is 9.85. The van der Waals surface area contributed by atoms with E-state index in [2.05, 4.69) is 25.4 Å². The first-order chi connectivity index (χ1) is 14.6. The van der Waals surface area contributed by atoms with Gasteiger partial charge in [0.15, 0.2) is 5.82 Å². The Labute approximate surface area is 176 Å². The van der Waals surface area contributed by atoms with Gasteiger partial charge in [0, 0.05) is 45.2 Å². The highest BCUT2D eigenvalue weighted by molar-refractivity contribution is 5.94. The van der Waals surface area contributed by atoms with Gasteiger partial charge in [-0.1, -0.05) is 0 Å². The molecule has 4 rings (SSSR count). The highest BCUT2D eigenvalue weighted by Crippen LogP contribution is 2.37. The van der Waals surface area contributed by atoms with Crippen molar-refractivity contribution < 1.29 is 14.3 Å². The number of likely N-dealkylation sites (tertiary alicyclic amines) is 1. The Bertz CT molecular complexity index is 850. The second-order valence-corrected chi connectivity index (χ2v) is 7.87. The van der Waals surface area contributed by atoms with Crippen LogP contribution in [0.15, 0.2) is 18.3 Å². The number of rotatable bonds is 6. The van der Waals surface area contributed by atoms with Crippen LogP contribution in [-0.2, 0) is 21.6 Å². The summed E-state index contributed by atoms with van der Waals surface area (Å²) in [5.41, 5.74) is 1.05. The zero-order chi connectivity index (χ0) is 21.0. The molecular formula is C20H29N7O3. The fourth-order valence-electron chi connectivity index (χ4n) is 4.43. The van der Waals surface area contributed by atoms with Crippen LogP contribution in [0.3, 0.4) is 0 Å². The molecule has 2 fully saturated rings. The molecule has 0 saturated carbocycles. The SMILES string of the molecule is COCCn1nnnc1C1(N2CCOCC2)CCCN(C(=O)c2ccc(C)nc2)C1. The van der Waals surface area contributed by atoms with Gasteiger partial charge in [0.2, 0.25) is 0 Å². The molecule has 2 aliphatic heterocycles. The lowest BCUT2D eigenvalue weighted by Gasteiger charge is -2.49. The number of amides is 1. The Kier molecular flexibility index (Phi) is 6.35. The number of carbonyl (C=O) groups is 1. The minimum absolute atomic E-state index is 0.00393. The van der Waals surface area contributed by atoms with Gasteiger partial charge in [-0.25, -0.2) is 4.68 Å². The first-order valence-electron chi connectivity index (χ1n) is 10.4. The van der Waals surface area contributed by atoms with Crippen LogP contribution < -0.4 is 0 Å². The van der Waals surface area contributed by atoms with E-state index in [1.54, 1.807) is 13.3 Å². The van der Waals surface area contributed by atoms with Gasteiger partial charge < -0.3 is 14.4 Å². The number of hydrogen-bond donors (Lipinski definition) is 0. The van der Waals surface area contributed by atoms with Crippen LogP contribution in [-0.4, -0.2) is 94.0 Å². The molecule has 1 unspecified atom stereocenters. The van der Waals surface area contributed by atoms with Gasteiger partial charge in [0.25, 0.3) is 5.91 Å². The summed E-state index contributed by atoms with van der Waals surface area (Å²) in [7, 11) is 1.67. The topological polar surface area (TPSA) is 98.5 Å². The van der Waals surface area contributed by atoms with Crippen molar-refractivity contribution in [3.05, 3.63) is 35.4 Å². The van der Waals surface area contributed by atoms with Crippen LogP contribution in [0.1, 0.15) is 34.7 Å². The van der Waals surface area contributed by atoms with Crippen LogP contribution in [0.2, 0.25) is 0 Å². The predicted octanol–water partition coefficient (Wildman–Crippen LogP) is 0.487. The van der Waals surface area contributed by atoms with Crippen molar-refractivity contribution in [3.63, 3.8) is 0 Å². The molecule has 2 aromatic rings. The quantitative estimate of drug-likeness (QED) is 0.672. The Balaban J connectivity index is 1.66. The third kappa shape index (κ3) is 4.07. The van der Waals surface area contributed by atoms with Gasteiger partial charge in [-0.3, -0.25) is 14.7 Å². The van der Waals surface area contributed by atoms with Gasteiger partial charge in [-0.15, -0.1) is 5.10 Å².